The number of hydrogen-bond donors (Lipinski definition) is 4. The van der Waals surface area contributed by atoms with Gasteiger partial charge in [0.15, 0.2) is 5.96 Å². The van der Waals surface area contributed by atoms with E-state index in [1.807, 2.05) is 25.1 Å². The molecule has 4 bridgehead atoms. The van der Waals surface area contributed by atoms with Gasteiger partial charge in [0, 0.05) is 5.69 Å². The number of nitrogens with two attached hydrogens (primary N) is 3. The number of nitrogens with one attached hydrogen (secondary N) is 1. The summed E-state index contributed by atoms with van der Waals surface area (Å²) < 4.78 is 0. The molecule has 1 aromatic carbocycles. The van der Waals surface area contributed by atoms with Gasteiger partial charge in [-0.2, -0.15) is 4.99 Å². The Bertz CT molecular complexity index is 788. The van der Waals surface area contributed by atoms with E-state index in [0.29, 0.717) is 5.69 Å². The minimum Gasteiger partial charge on any atom is -0.370 e. The molecule has 1 amide bonds. The van der Waals surface area contributed by atoms with Crippen molar-refractivity contribution >= 4 is 29.2 Å². The zero-order valence-electron chi connectivity index (χ0n) is 15.7. The monoisotopic (exact) mass is 368 g/mol. The highest BCUT2D eigenvalue weighted by molar-refractivity contribution is 5.97. The zero-order valence-corrected chi connectivity index (χ0v) is 15.7. The van der Waals surface area contributed by atoms with E-state index in [4.69, 9.17) is 17.2 Å². The molecule has 0 aromatic heterocycles. The molecule has 1 aromatic rings. The van der Waals surface area contributed by atoms with E-state index < -0.39 is 0 Å². The molecular weight excluding hydrogens is 340 g/mol. The first kappa shape index (κ1) is 17.8. The number of anilines is 1. The van der Waals surface area contributed by atoms with Crippen LogP contribution in [0.4, 0.5) is 11.4 Å². The van der Waals surface area contributed by atoms with E-state index in [1.165, 1.54) is 19.3 Å². The van der Waals surface area contributed by atoms with Crippen LogP contribution in [0.15, 0.2) is 28.2 Å². The van der Waals surface area contributed by atoms with Gasteiger partial charge in [-0.25, -0.2) is 4.99 Å². The molecule has 0 radical (unpaired) electrons. The predicted molar refractivity (Wildman–Crippen MR) is 108 cm³/mol. The second-order valence-corrected chi connectivity index (χ2v) is 8.66. The molecule has 27 heavy (non-hydrogen) atoms. The van der Waals surface area contributed by atoms with Gasteiger partial charge in [0.1, 0.15) is 0 Å². The molecule has 4 saturated carbocycles. The number of hydrogen-bond acceptors (Lipinski definition) is 2. The highest BCUT2D eigenvalue weighted by atomic mass is 16.2. The van der Waals surface area contributed by atoms with Gasteiger partial charge in [-0.1, -0.05) is 6.07 Å². The van der Waals surface area contributed by atoms with E-state index in [0.717, 1.165) is 48.3 Å². The van der Waals surface area contributed by atoms with Crippen molar-refractivity contribution in [3.05, 3.63) is 23.8 Å². The van der Waals surface area contributed by atoms with Crippen molar-refractivity contribution in [3.8, 4) is 0 Å². The molecule has 7 N–H and O–H groups in total. The fourth-order valence-corrected chi connectivity index (χ4v) is 5.75. The summed E-state index contributed by atoms with van der Waals surface area (Å²) in [5.74, 6) is 2.22. The molecule has 7 nitrogen and oxygen atoms in total. The third-order valence-corrected chi connectivity index (χ3v) is 6.48. The lowest BCUT2D eigenvalue weighted by atomic mass is 9.49. The molecule has 4 aliphatic carbocycles. The lowest BCUT2D eigenvalue weighted by molar-refractivity contribution is -0.140. The van der Waals surface area contributed by atoms with Gasteiger partial charge in [-0.15, -0.1) is 0 Å². The van der Waals surface area contributed by atoms with Crippen molar-refractivity contribution in [2.24, 2.45) is 50.4 Å². The third-order valence-electron chi connectivity index (χ3n) is 6.48. The second-order valence-electron chi connectivity index (χ2n) is 8.66. The average molecular weight is 368 g/mol. The van der Waals surface area contributed by atoms with Crippen LogP contribution in [0.1, 0.15) is 44.1 Å². The fourth-order valence-electron chi connectivity index (χ4n) is 5.75. The minimum absolute atomic E-state index is 0.0165. The van der Waals surface area contributed by atoms with E-state index in [-0.39, 0.29) is 23.2 Å². The molecule has 4 fully saturated rings. The maximum absolute atomic E-state index is 13.3. The maximum atomic E-state index is 13.3. The van der Waals surface area contributed by atoms with Crippen LogP contribution < -0.4 is 22.5 Å². The molecule has 0 atom stereocenters. The molecule has 5 rings (SSSR count). The summed E-state index contributed by atoms with van der Waals surface area (Å²) in [5.41, 5.74) is 18.5. The molecule has 144 valence electrons. The van der Waals surface area contributed by atoms with Gasteiger partial charge < -0.3 is 22.5 Å². The van der Waals surface area contributed by atoms with Crippen LogP contribution in [-0.2, 0) is 4.79 Å². The Morgan fingerprint density at radius 3 is 2.22 bits per heavy atom. The largest absolute Gasteiger partial charge is 0.370 e. The van der Waals surface area contributed by atoms with Crippen molar-refractivity contribution in [1.29, 1.82) is 0 Å². The summed E-state index contributed by atoms with van der Waals surface area (Å²) in [6.07, 6.45) is 7.08. The van der Waals surface area contributed by atoms with Crippen LogP contribution in [0.2, 0.25) is 0 Å². The molecule has 0 spiro atoms. The summed E-state index contributed by atoms with van der Waals surface area (Å²) in [5, 5.41) is 3.19. The van der Waals surface area contributed by atoms with E-state index >= 15 is 0 Å². The third kappa shape index (κ3) is 3.50. The Balaban J connectivity index is 1.55. The number of nitrogens with zero attached hydrogens (tertiary/aromatic N) is 2. The minimum atomic E-state index is -0.183. The number of guanidine groups is 2. The number of carbonyl (C=O) groups is 1. The summed E-state index contributed by atoms with van der Waals surface area (Å²) in [6, 6.07) is 5.56. The first-order chi connectivity index (χ1) is 12.8. The molecular formula is C20H28N6O. The Hall–Kier alpha value is -2.57. The first-order valence-electron chi connectivity index (χ1n) is 9.69. The van der Waals surface area contributed by atoms with Crippen LogP contribution in [0.3, 0.4) is 0 Å². The second kappa shape index (κ2) is 6.55. The smallest absolute Gasteiger partial charge is 0.230 e. The fraction of sp³-hybridized carbons (Fsp3) is 0.550. The summed E-state index contributed by atoms with van der Waals surface area (Å²) in [6.45, 7) is 1.97. The Morgan fingerprint density at radius 1 is 1.07 bits per heavy atom. The Kier molecular flexibility index (Phi) is 4.32. The molecule has 4 aliphatic rings. The topological polar surface area (TPSA) is 132 Å². The van der Waals surface area contributed by atoms with Crippen LogP contribution in [0, 0.1) is 30.1 Å². The number of amides is 1. The standard InChI is InChI=1S/C20H28N6O/c1-11-2-3-15(24-19(23)26-18(21)22)7-16(11)25-17(27)20-8-12-4-13(9-20)6-14(5-12)10-20/h2-3,7,12-14H,4-6,8-10H2,1H3,(H,25,27)(H6,21,22,23,24,26). The van der Waals surface area contributed by atoms with Crippen LogP contribution >= 0.6 is 0 Å². The van der Waals surface area contributed by atoms with Gasteiger partial charge in [-0.05, 0) is 80.9 Å². The van der Waals surface area contributed by atoms with Crippen LogP contribution in [0.25, 0.3) is 0 Å². The molecule has 0 unspecified atom stereocenters. The Morgan fingerprint density at radius 2 is 1.67 bits per heavy atom. The van der Waals surface area contributed by atoms with Gasteiger partial charge in [0.25, 0.3) is 0 Å². The SMILES string of the molecule is Cc1ccc(N=C(N)N=C(N)N)cc1NC(=O)C12CC3CC(CC(C3)C1)C2. The predicted octanol–water partition coefficient (Wildman–Crippen LogP) is 2.37. The average Bonchev–Trinajstić information content (AvgIpc) is 2.56. The van der Waals surface area contributed by atoms with Gasteiger partial charge >= 0.3 is 0 Å². The van der Waals surface area contributed by atoms with E-state index in [1.54, 1.807) is 0 Å². The van der Waals surface area contributed by atoms with Crippen molar-refractivity contribution < 1.29 is 4.79 Å². The van der Waals surface area contributed by atoms with Gasteiger partial charge in [-0.3, -0.25) is 4.79 Å². The van der Waals surface area contributed by atoms with Crippen molar-refractivity contribution in [3.63, 3.8) is 0 Å². The highest BCUT2D eigenvalue weighted by Crippen LogP contribution is 2.60. The molecule has 0 aliphatic heterocycles. The first-order valence-corrected chi connectivity index (χ1v) is 9.69. The van der Waals surface area contributed by atoms with Gasteiger partial charge in [0.05, 0.1) is 11.1 Å². The summed E-state index contributed by atoms with van der Waals surface area (Å²) >= 11 is 0. The zero-order chi connectivity index (χ0) is 19.2. The number of aliphatic imine (C=N–C) groups is 2. The number of benzene rings is 1. The molecule has 7 heteroatoms. The van der Waals surface area contributed by atoms with Crippen molar-refractivity contribution in [1.82, 2.24) is 0 Å². The number of aryl methyl sites for hydroxylation is 1. The van der Waals surface area contributed by atoms with E-state index in [2.05, 4.69) is 15.3 Å². The number of rotatable bonds is 3. The summed E-state index contributed by atoms with van der Waals surface area (Å²) in [4.78, 5) is 21.2. The lowest BCUT2D eigenvalue weighted by Crippen LogP contribution is -2.51. The number of carbonyl (C=O) groups excluding carboxylic acids is 1. The summed E-state index contributed by atoms with van der Waals surface area (Å²) in [7, 11) is 0. The highest BCUT2D eigenvalue weighted by Gasteiger charge is 2.54. The molecule has 0 saturated heterocycles. The van der Waals surface area contributed by atoms with Crippen molar-refractivity contribution in [2.75, 3.05) is 5.32 Å². The normalized spacial score (nSPS) is 31.6. The van der Waals surface area contributed by atoms with Crippen LogP contribution in [-0.4, -0.2) is 17.8 Å². The maximum Gasteiger partial charge on any atom is 0.230 e. The van der Waals surface area contributed by atoms with E-state index in [9.17, 15) is 4.79 Å². The van der Waals surface area contributed by atoms with Crippen molar-refractivity contribution in [2.45, 2.75) is 45.4 Å². The van der Waals surface area contributed by atoms with Gasteiger partial charge in [0.2, 0.25) is 11.9 Å². The quantitative estimate of drug-likeness (QED) is 0.481. The van der Waals surface area contributed by atoms with Crippen LogP contribution in [0.5, 0.6) is 0 Å². The molecule has 0 heterocycles. The lowest BCUT2D eigenvalue weighted by Gasteiger charge is -2.55. The Labute approximate surface area is 159 Å².